The van der Waals surface area contributed by atoms with Gasteiger partial charge in [0, 0.05) is 19.0 Å². The van der Waals surface area contributed by atoms with Gasteiger partial charge < -0.3 is 10.6 Å². The topological polar surface area (TPSA) is 46.3 Å². The lowest BCUT2D eigenvalue weighted by Gasteiger charge is -2.35. The highest BCUT2D eigenvalue weighted by atomic mass is 16.2. The third-order valence-electron chi connectivity index (χ3n) is 4.69. The van der Waals surface area contributed by atoms with Crippen molar-refractivity contribution in [2.24, 2.45) is 23.5 Å². The molecule has 0 spiro atoms. The first-order valence-corrected chi connectivity index (χ1v) is 7.25. The third-order valence-corrected chi connectivity index (χ3v) is 4.69. The van der Waals surface area contributed by atoms with Crippen LogP contribution in [0.5, 0.6) is 0 Å². The number of carbonyl (C=O) groups excluding carboxylic acids is 1. The summed E-state index contributed by atoms with van der Waals surface area (Å²) < 4.78 is 0. The fraction of sp³-hybridized carbons (Fsp3) is 0.929. The zero-order valence-electron chi connectivity index (χ0n) is 11.0. The molecule has 2 aliphatic rings. The van der Waals surface area contributed by atoms with Crippen molar-refractivity contribution in [1.29, 1.82) is 0 Å². The van der Waals surface area contributed by atoms with Crippen molar-refractivity contribution in [1.82, 2.24) is 4.90 Å². The molecule has 2 N–H and O–H groups in total. The molecule has 0 aromatic carbocycles. The summed E-state index contributed by atoms with van der Waals surface area (Å²) in [7, 11) is 0. The molecule has 17 heavy (non-hydrogen) atoms. The smallest absolute Gasteiger partial charge is 0.226 e. The summed E-state index contributed by atoms with van der Waals surface area (Å²) >= 11 is 0. The quantitative estimate of drug-likeness (QED) is 0.817. The van der Waals surface area contributed by atoms with Crippen molar-refractivity contribution < 1.29 is 4.79 Å². The predicted octanol–water partition coefficient (Wildman–Crippen LogP) is 2.01. The van der Waals surface area contributed by atoms with Gasteiger partial charge in [0.05, 0.1) is 0 Å². The molecule has 2 fully saturated rings. The minimum Gasteiger partial charge on any atom is -0.342 e. The summed E-state index contributed by atoms with van der Waals surface area (Å²) in [6, 6.07) is 0. The van der Waals surface area contributed by atoms with Gasteiger partial charge in [-0.1, -0.05) is 19.8 Å². The van der Waals surface area contributed by atoms with Gasteiger partial charge in [-0.25, -0.2) is 0 Å². The maximum Gasteiger partial charge on any atom is 0.226 e. The van der Waals surface area contributed by atoms with Gasteiger partial charge in [-0.3, -0.25) is 4.79 Å². The summed E-state index contributed by atoms with van der Waals surface area (Å²) in [4.78, 5) is 14.6. The molecule has 0 radical (unpaired) electrons. The van der Waals surface area contributed by atoms with Gasteiger partial charge >= 0.3 is 0 Å². The first kappa shape index (κ1) is 12.9. The molecule has 1 saturated heterocycles. The summed E-state index contributed by atoms with van der Waals surface area (Å²) in [6.45, 7) is 4.88. The van der Waals surface area contributed by atoms with Crippen molar-refractivity contribution in [3.05, 3.63) is 0 Å². The standard InChI is InChI=1S/C14H26N2O/c1-2-11-5-4-8-16(10-11)14(17)13-7-3-6-12(13)9-15/h11-13H,2-10,15H2,1H3/t11?,12-,13-/m1/s1. The fourth-order valence-electron chi connectivity index (χ4n) is 3.48. The summed E-state index contributed by atoms with van der Waals surface area (Å²) in [5.74, 6) is 1.81. The van der Waals surface area contributed by atoms with Gasteiger partial charge in [0.25, 0.3) is 0 Å². The Hall–Kier alpha value is -0.570. The van der Waals surface area contributed by atoms with Crippen LogP contribution in [0.4, 0.5) is 0 Å². The number of nitrogens with zero attached hydrogens (tertiary/aromatic N) is 1. The zero-order valence-corrected chi connectivity index (χ0v) is 11.0. The molecule has 98 valence electrons. The van der Waals surface area contributed by atoms with Crippen LogP contribution in [0.25, 0.3) is 0 Å². The summed E-state index contributed by atoms with van der Waals surface area (Å²) in [6.07, 6.45) is 7.08. The van der Waals surface area contributed by atoms with Crippen LogP contribution >= 0.6 is 0 Å². The largest absolute Gasteiger partial charge is 0.342 e. The molecule has 0 bridgehead atoms. The lowest BCUT2D eigenvalue weighted by atomic mass is 9.91. The molecule has 3 atom stereocenters. The van der Waals surface area contributed by atoms with Crippen LogP contribution in [0.1, 0.15) is 45.4 Å². The monoisotopic (exact) mass is 238 g/mol. The van der Waals surface area contributed by atoms with E-state index in [-0.39, 0.29) is 5.92 Å². The third kappa shape index (κ3) is 2.82. The van der Waals surface area contributed by atoms with E-state index >= 15 is 0 Å². The fourth-order valence-corrected chi connectivity index (χ4v) is 3.48. The highest BCUT2D eigenvalue weighted by molar-refractivity contribution is 5.79. The maximum absolute atomic E-state index is 12.5. The maximum atomic E-state index is 12.5. The second-order valence-corrected chi connectivity index (χ2v) is 5.73. The Morgan fingerprint density at radius 3 is 2.82 bits per heavy atom. The highest BCUT2D eigenvalue weighted by Gasteiger charge is 2.35. The number of hydrogen-bond acceptors (Lipinski definition) is 2. The Labute approximate surface area is 105 Å². The number of carbonyl (C=O) groups is 1. The number of amides is 1. The van der Waals surface area contributed by atoms with Crippen molar-refractivity contribution >= 4 is 5.91 Å². The molecule has 1 heterocycles. The molecule has 2 rings (SSSR count). The molecule has 1 amide bonds. The average Bonchev–Trinajstić information content (AvgIpc) is 2.86. The van der Waals surface area contributed by atoms with Crippen LogP contribution in [0.15, 0.2) is 0 Å². The molecular formula is C14H26N2O. The minimum atomic E-state index is 0.232. The summed E-state index contributed by atoms with van der Waals surface area (Å²) in [5, 5.41) is 0. The van der Waals surface area contributed by atoms with Crippen molar-refractivity contribution in [2.75, 3.05) is 19.6 Å². The number of hydrogen-bond donors (Lipinski definition) is 1. The molecule has 1 saturated carbocycles. The number of nitrogens with two attached hydrogens (primary N) is 1. The van der Waals surface area contributed by atoms with Crippen LogP contribution < -0.4 is 5.73 Å². The van der Waals surface area contributed by atoms with E-state index in [1.165, 1.54) is 25.7 Å². The van der Waals surface area contributed by atoms with E-state index in [1.807, 2.05) is 0 Å². The molecule has 0 aromatic rings. The van der Waals surface area contributed by atoms with Gasteiger partial charge in [0.1, 0.15) is 0 Å². The Bertz CT molecular complexity index is 267. The lowest BCUT2D eigenvalue weighted by molar-refractivity contribution is -0.138. The van der Waals surface area contributed by atoms with E-state index in [2.05, 4.69) is 11.8 Å². The van der Waals surface area contributed by atoms with Gasteiger partial charge in [0.15, 0.2) is 0 Å². The molecule has 3 nitrogen and oxygen atoms in total. The Morgan fingerprint density at radius 1 is 1.29 bits per heavy atom. The normalized spacial score (nSPS) is 34.0. The van der Waals surface area contributed by atoms with Crippen molar-refractivity contribution in [3.63, 3.8) is 0 Å². The zero-order chi connectivity index (χ0) is 12.3. The molecule has 0 aromatic heterocycles. The van der Waals surface area contributed by atoms with Gasteiger partial charge in [0.2, 0.25) is 5.91 Å². The second kappa shape index (κ2) is 5.85. The number of likely N-dealkylation sites (tertiary alicyclic amines) is 1. The SMILES string of the molecule is CCC1CCCN(C(=O)[C@@H]2CCC[C@@H]2CN)C1. The molecular weight excluding hydrogens is 212 g/mol. The van der Waals surface area contributed by atoms with Crippen LogP contribution in [-0.4, -0.2) is 30.4 Å². The second-order valence-electron chi connectivity index (χ2n) is 5.73. The lowest BCUT2D eigenvalue weighted by Crippen LogP contribution is -2.44. The van der Waals surface area contributed by atoms with Gasteiger partial charge in [-0.2, -0.15) is 0 Å². The number of rotatable bonds is 3. The van der Waals surface area contributed by atoms with E-state index in [0.29, 0.717) is 18.4 Å². The minimum absolute atomic E-state index is 0.232. The van der Waals surface area contributed by atoms with E-state index in [0.717, 1.165) is 31.8 Å². The first-order valence-electron chi connectivity index (χ1n) is 7.25. The average molecular weight is 238 g/mol. The van der Waals surface area contributed by atoms with E-state index in [4.69, 9.17) is 5.73 Å². The molecule has 1 aliphatic heterocycles. The van der Waals surface area contributed by atoms with Crippen LogP contribution in [0.3, 0.4) is 0 Å². The van der Waals surface area contributed by atoms with Crippen molar-refractivity contribution in [2.45, 2.75) is 45.4 Å². The highest BCUT2D eigenvalue weighted by Crippen LogP contribution is 2.33. The Morgan fingerprint density at radius 2 is 2.12 bits per heavy atom. The van der Waals surface area contributed by atoms with Crippen LogP contribution in [0, 0.1) is 17.8 Å². The first-order chi connectivity index (χ1) is 8.26. The van der Waals surface area contributed by atoms with E-state index < -0.39 is 0 Å². The van der Waals surface area contributed by atoms with E-state index in [9.17, 15) is 4.79 Å². The van der Waals surface area contributed by atoms with Crippen LogP contribution in [-0.2, 0) is 4.79 Å². The van der Waals surface area contributed by atoms with Gasteiger partial charge in [-0.15, -0.1) is 0 Å². The molecule has 1 aliphatic carbocycles. The Balaban J connectivity index is 1.94. The summed E-state index contributed by atoms with van der Waals surface area (Å²) in [5.41, 5.74) is 5.77. The molecule has 1 unspecified atom stereocenters. The van der Waals surface area contributed by atoms with Crippen LogP contribution in [0.2, 0.25) is 0 Å². The Kier molecular flexibility index (Phi) is 4.43. The molecule has 3 heteroatoms. The number of piperidine rings is 1. The predicted molar refractivity (Wildman–Crippen MR) is 69.5 cm³/mol. The van der Waals surface area contributed by atoms with Gasteiger partial charge in [-0.05, 0) is 44.1 Å². The van der Waals surface area contributed by atoms with Crippen molar-refractivity contribution in [3.8, 4) is 0 Å². The van der Waals surface area contributed by atoms with E-state index in [1.54, 1.807) is 0 Å².